The van der Waals surface area contributed by atoms with Crippen molar-refractivity contribution in [3.8, 4) is 5.75 Å². The molecule has 1 atom stereocenters. The molecule has 1 heterocycles. The number of rotatable bonds is 7. The van der Waals surface area contributed by atoms with Crippen LogP contribution in [0.4, 0.5) is 8.78 Å². The summed E-state index contributed by atoms with van der Waals surface area (Å²) in [7, 11) is 0. The lowest BCUT2D eigenvalue weighted by atomic mass is 9.90. The summed E-state index contributed by atoms with van der Waals surface area (Å²) in [6.45, 7) is -2.31. The highest BCUT2D eigenvalue weighted by molar-refractivity contribution is 5.94. The van der Waals surface area contributed by atoms with Crippen molar-refractivity contribution in [1.82, 2.24) is 15.6 Å². The van der Waals surface area contributed by atoms with Crippen LogP contribution in [0.3, 0.4) is 0 Å². The van der Waals surface area contributed by atoms with Crippen LogP contribution in [0, 0.1) is 0 Å². The van der Waals surface area contributed by atoms with Gasteiger partial charge in [0, 0.05) is 24.3 Å². The van der Waals surface area contributed by atoms with E-state index in [1.54, 1.807) is 18.2 Å². The molecular weight excluding hydrogens is 404 g/mol. The van der Waals surface area contributed by atoms with Gasteiger partial charge in [-0.2, -0.15) is 8.78 Å². The maximum atomic E-state index is 12.7. The molecule has 1 amide bonds. The summed E-state index contributed by atoms with van der Waals surface area (Å²) in [6, 6.07) is 8.38. The fourth-order valence-electron chi connectivity index (χ4n) is 4.48. The number of amides is 1. The first-order chi connectivity index (χ1) is 15.0. The van der Waals surface area contributed by atoms with E-state index in [1.807, 2.05) is 0 Å². The number of nitrogens with one attached hydrogen (secondary N) is 3. The number of aromatic amines is 1. The highest BCUT2D eigenvalue weighted by Gasteiger charge is 2.25. The van der Waals surface area contributed by atoms with Crippen molar-refractivity contribution in [1.29, 1.82) is 0 Å². The summed E-state index contributed by atoms with van der Waals surface area (Å²) in [5.41, 5.74) is 2.56. The van der Waals surface area contributed by atoms with Gasteiger partial charge in [0.15, 0.2) is 0 Å². The Kier molecular flexibility index (Phi) is 6.65. The van der Waals surface area contributed by atoms with Gasteiger partial charge in [-0.15, -0.1) is 0 Å². The molecule has 0 radical (unpaired) electrons. The molecule has 166 valence electrons. The van der Waals surface area contributed by atoms with Crippen molar-refractivity contribution < 1.29 is 18.3 Å². The smallest absolute Gasteiger partial charge is 0.387 e. The molecule has 2 aliphatic carbocycles. The third kappa shape index (κ3) is 5.31. The Morgan fingerprint density at radius 1 is 1.13 bits per heavy atom. The topological polar surface area (TPSA) is 83.2 Å². The minimum absolute atomic E-state index is 0.00405. The van der Waals surface area contributed by atoms with E-state index in [1.165, 1.54) is 12.1 Å². The quantitative estimate of drug-likeness (QED) is 0.623. The molecule has 0 aliphatic heterocycles. The molecule has 1 aromatic carbocycles. The Balaban J connectivity index is 1.46. The summed E-state index contributed by atoms with van der Waals surface area (Å²) in [5, 5.41) is 6.46. The zero-order valence-electron chi connectivity index (χ0n) is 17.3. The first kappa shape index (κ1) is 21.5. The van der Waals surface area contributed by atoms with Gasteiger partial charge in [0.25, 0.3) is 11.5 Å². The Morgan fingerprint density at radius 2 is 1.87 bits per heavy atom. The summed E-state index contributed by atoms with van der Waals surface area (Å²) in [6.07, 6.45) is 6.71. The molecule has 1 aromatic heterocycles. The molecule has 0 bridgehead atoms. The van der Waals surface area contributed by atoms with Crippen molar-refractivity contribution in [3.63, 3.8) is 0 Å². The molecule has 2 aromatic rings. The summed E-state index contributed by atoms with van der Waals surface area (Å²) in [4.78, 5) is 28.1. The molecule has 1 unspecified atom stereocenters. The number of ether oxygens (including phenoxy) is 1. The minimum atomic E-state index is -2.84. The first-order valence-corrected chi connectivity index (χ1v) is 10.8. The van der Waals surface area contributed by atoms with E-state index in [-0.39, 0.29) is 34.9 Å². The van der Waals surface area contributed by atoms with Crippen LogP contribution >= 0.6 is 0 Å². The number of carbonyl (C=O) groups is 1. The number of carbonyl (C=O) groups excluding carboxylic acids is 1. The first-order valence-electron chi connectivity index (χ1n) is 10.8. The summed E-state index contributed by atoms with van der Waals surface area (Å²) >= 11 is 0. The van der Waals surface area contributed by atoms with E-state index in [4.69, 9.17) is 0 Å². The van der Waals surface area contributed by atoms with Crippen LogP contribution in [0.15, 0.2) is 35.1 Å². The lowest BCUT2D eigenvalue weighted by molar-refractivity contribution is -0.0498. The second-order valence-electron chi connectivity index (χ2n) is 8.25. The van der Waals surface area contributed by atoms with E-state index in [2.05, 4.69) is 20.4 Å². The molecule has 6 nitrogen and oxygen atoms in total. The number of benzene rings is 1. The number of hydrogen-bond acceptors (Lipinski definition) is 4. The van der Waals surface area contributed by atoms with Gasteiger partial charge in [0.1, 0.15) is 11.3 Å². The predicted molar refractivity (Wildman–Crippen MR) is 112 cm³/mol. The van der Waals surface area contributed by atoms with E-state index < -0.39 is 6.61 Å². The molecule has 4 rings (SSSR count). The van der Waals surface area contributed by atoms with Crippen molar-refractivity contribution in [2.24, 2.45) is 0 Å². The average molecular weight is 431 g/mol. The fraction of sp³-hybridized carbons (Fsp3) is 0.478. The van der Waals surface area contributed by atoms with Crippen LogP contribution in [-0.2, 0) is 13.0 Å². The number of hydrogen-bond donors (Lipinski definition) is 3. The fourth-order valence-corrected chi connectivity index (χ4v) is 4.48. The minimum Gasteiger partial charge on any atom is -0.435 e. The summed E-state index contributed by atoms with van der Waals surface area (Å²) in [5.74, 6) is -0.188. The lowest BCUT2D eigenvalue weighted by Gasteiger charge is -2.27. The third-order valence-electron chi connectivity index (χ3n) is 6.09. The number of fused-ring (bicyclic) bond motifs is 1. The average Bonchev–Trinajstić information content (AvgIpc) is 3.25. The zero-order chi connectivity index (χ0) is 21.8. The van der Waals surface area contributed by atoms with E-state index in [9.17, 15) is 18.4 Å². The standard InChI is InChI=1S/C23H27F2N3O3/c24-23(25)31-16-10-8-14(9-11-16)13-26-19-6-3-7-20-17(19)12-18(22(30)28-20)21(29)27-15-4-1-2-5-15/h8-12,15,19,23,26H,1-7,13H2,(H,27,29)(H,28,30). The van der Waals surface area contributed by atoms with Crippen LogP contribution in [0.5, 0.6) is 5.75 Å². The van der Waals surface area contributed by atoms with Gasteiger partial charge in [0.2, 0.25) is 0 Å². The Morgan fingerprint density at radius 3 is 2.58 bits per heavy atom. The Labute approximate surface area is 179 Å². The summed E-state index contributed by atoms with van der Waals surface area (Å²) < 4.78 is 29.0. The molecule has 8 heteroatoms. The molecule has 1 fully saturated rings. The number of pyridine rings is 1. The van der Waals surface area contributed by atoms with Crippen molar-refractivity contribution in [3.05, 3.63) is 63.1 Å². The lowest BCUT2D eigenvalue weighted by Crippen LogP contribution is -2.37. The third-order valence-corrected chi connectivity index (χ3v) is 6.09. The van der Waals surface area contributed by atoms with Gasteiger partial charge in [-0.25, -0.2) is 0 Å². The second kappa shape index (κ2) is 9.60. The normalized spacial score (nSPS) is 18.7. The maximum absolute atomic E-state index is 12.7. The zero-order valence-corrected chi connectivity index (χ0v) is 17.3. The Bertz CT molecular complexity index is 969. The van der Waals surface area contributed by atoms with E-state index >= 15 is 0 Å². The number of alkyl halides is 2. The van der Waals surface area contributed by atoms with E-state index in [0.717, 1.165) is 61.8 Å². The molecule has 31 heavy (non-hydrogen) atoms. The van der Waals surface area contributed by atoms with Gasteiger partial charge in [-0.05, 0) is 61.4 Å². The molecule has 1 saturated carbocycles. The molecule has 0 saturated heterocycles. The molecule has 0 spiro atoms. The maximum Gasteiger partial charge on any atom is 0.387 e. The predicted octanol–water partition coefficient (Wildman–Crippen LogP) is 3.82. The van der Waals surface area contributed by atoms with Gasteiger partial charge in [0.05, 0.1) is 0 Å². The number of aromatic nitrogens is 1. The van der Waals surface area contributed by atoms with E-state index in [0.29, 0.717) is 6.54 Å². The van der Waals surface area contributed by atoms with Gasteiger partial charge >= 0.3 is 6.61 Å². The highest BCUT2D eigenvalue weighted by atomic mass is 19.3. The molecule has 2 aliphatic rings. The largest absolute Gasteiger partial charge is 0.435 e. The van der Waals surface area contributed by atoms with Crippen molar-refractivity contribution in [2.75, 3.05) is 0 Å². The Hall–Kier alpha value is -2.74. The van der Waals surface area contributed by atoms with Gasteiger partial charge in [-0.1, -0.05) is 25.0 Å². The van der Waals surface area contributed by atoms with Crippen molar-refractivity contribution >= 4 is 5.91 Å². The van der Waals surface area contributed by atoms with Crippen LogP contribution in [0.25, 0.3) is 0 Å². The highest BCUT2D eigenvalue weighted by Crippen LogP contribution is 2.29. The van der Waals surface area contributed by atoms with Crippen molar-refractivity contribution in [2.45, 2.75) is 70.2 Å². The monoisotopic (exact) mass is 431 g/mol. The number of halogens is 2. The molecule has 3 N–H and O–H groups in total. The number of H-pyrrole nitrogens is 1. The van der Waals surface area contributed by atoms with Crippen LogP contribution in [0.1, 0.15) is 71.7 Å². The van der Waals surface area contributed by atoms with Crippen LogP contribution in [-0.4, -0.2) is 23.5 Å². The van der Waals surface area contributed by atoms with Gasteiger partial charge in [-0.3, -0.25) is 9.59 Å². The van der Waals surface area contributed by atoms with Crippen LogP contribution in [0.2, 0.25) is 0 Å². The SMILES string of the molecule is O=C(NC1CCCC1)c1cc2c([nH]c1=O)CCCC2NCc1ccc(OC(F)F)cc1. The molecular formula is C23H27F2N3O3. The van der Waals surface area contributed by atoms with Gasteiger partial charge < -0.3 is 20.4 Å². The van der Waals surface area contributed by atoms with Crippen LogP contribution < -0.4 is 20.9 Å². The number of aryl methyl sites for hydroxylation is 1. The second-order valence-corrected chi connectivity index (χ2v) is 8.25.